The Kier molecular flexibility index (Phi) is 7.47. The van der Waals surface area contributed by atoms with Gasteiger partial charge in [0.05, 0.1) is 20.0 Å². The molecule has 0 aromatic heterocycles. The van der Waals surface area contributed by atoms with E-state index < -0.39 is 0 Å². The first-order valence-electron chi connectivity index (χ1n) is 7.87. The van der Waals surface area contributed by atoms with Crippen LogP contribution in [0, 0.1) is 0 Å². The monoisotopic (exact) mass is 405 g/mol. The highest BCUT2D eigenvalue weighted by molar-refractivity contribution is 9.10. The Balaban J connectivity index is 1.70. The molecule has 0 aliphatic carbocycles. The highest BCUT2D eigenvalue weighted by atomic mass is 79.9. The van der Waals surface area contributed by atoms with Crippen molar-refractivity contribution in [2.24, 2.45) is 0 Å². The highest BCUT2D eigenvalue weighted by Crippen LogP contribution is 2.23. The molecule has 0 fully saturated rings. The lowest BCUT2D eigenvalue weighted by Crippen LogP contribution is -2.27. The third-order valence-corrected chi connectivity index (χ3v) is 3.98. The summed E-state index contributed by atoms with van der Waals surface area (Å²) in [6.45, 7) is 0.375. The maximum atomic E-state index is 11.8. The second-order valence-corrected chi connectivity index (χ2v) is 6.29. The first-order valence-corrected chi connectivity index (χ1v) is 8.66. The molecular formula is C19H20BrNO4. The van der Waals surface area contributed by atoms with Crippen molar-refractivity contribution >= 4 is 27.8 Å². The molecule has 0 aliphatic heterocycles. The van der Waals surface area contributed by atoms with Crippen LogP contribution < -0.4 is 10.1 Å². The second-order valence-electron chi connectivity index (χ2n) is 5.38. The molecule has 0 saturated heterocycles. The Hall–Kier alpha value is -2.34. The Morgan fingerprint density at radius 3 is 2.60 bits per heavy atom. The van der Waals surface area contributed by atoms with Crippen LogP contribution in [0.15, 0.2) is 53.0 Å². The number of benzene rings is 2. The van der Waals surface area contributed by atoms with Crippen molar-refractivity contribution in [3.8, 4) is 5.75 Å². The maximum absolute atomic E-state index is 11.8. The Morgan fingerprint density at radius 2 is 1.88 bits per heavy atom. The smallest absolute Gasteiger partial charge is 0.307 e. The fraction of sp³-hybridized carbons (Fsp3) is 0.263. The van der Waals surface area contributed by atoms with Crippen LogP contribution in [-0.2, 0) is 27.4 Å². The number of ether oxygens (including phenoxy) is 2. The summed E-state index contributed by atoms with van der Waals surface area (Å²) in [6.07, 6.45) is 0.419. The van der Waals surface area contributed by atoms with Crippen molar-refractivity contribution in [3.05, 3.63) is 64.1 Å². The van der Waals surface area contributed by atoms with Gasteiger partial charge < -0.3 is 14.8 Å². The van der Waals surface area contributed by atoms with Gasteiger partial charge in [0.2, 0.25) is 5.91 Å². The maximum Gasteiger partial charge on any atom is 0.307 e. The van der Waals surface area contributed by atoms with Crippen LogP contribution in [0.25, 0.3) is 0 Å². The molecule has 0 atom stereocenters. The Morgan fingerprint density at radius 1 is 1.12 bits per heavy atom. The van der Waals surface area contributed by atoms with Crippen LogP contribution in [-0.4, -0.2) is 25.5 Å². The number of hydrogen-bond acceptors (Lipinski definition) is 4. The van der Waals surface area contributed by atoms with Gasteiger partial charge in [0, 0.05) is 16.6 Å². The number of nitrogens with one attached hydrogen (secondary N) is 1. The average molecular weight is 406 g/mol. The minimum atomic E-state index is -0.373. The van der Waals surface area contributed by atoms with E-state index in [2.05, 4.69) is 21.2 Å². The molecule has 2 aromatic carbocycles. The van der Waals surface area contributed by atoms with Gasteiger partial charge in [0.25, 0.3) is 0 Å². The van der Waals surface area contributed by atoms with Crippen LogP contribution >= 0.6 is 15.9 Å². The van der Waals surface area contributed by atoms with E-state index in [9.17, 15) is 9.59 Å². The molecular weight excluding hydrogens is 386 g/mol. The third kappa shape index (κ3) is 6.58. The Bertz CT molecular complexity index is 719. The van der Waals surface area contributed by atoms with E-state index in [1.807, 2.05) is 42.5 Å². The van der Waals surface area contributed by atoms with Crippen molar-refractivity contribution < 1.29 is 19.1 Å². The van der Waals surface area contributed by atoms with E-state index in [-0.39, 0.29) is 31.4 Å². The predicted molar refractivity (Wildman–Crippen MR) is 98.3 cm³/mol. The normalized spacial score (nSPS) is 10.2. The van der Waals surface area contributed by atoms with Gasteiger partial charge in [-0.3, -0.25) is 9.59 Å². The minimum absolute atomic E-state index is 0.118. The van der Waals surface area contributed by atoms with E-state index in [0.717, 1.165) is 15.6 Å². The van der Waals surface area contributed by atoms with Crippen LogP contribution in [0.1, 0.15) is 17.5 Å². The number of rotatable bonds is 8. The molecule has 0 unspecified atom stereocenters. The summed E-state index contributed by atoms with van der Waals surface area (Å²) >= 11 is 3.37. The number of amides is 1. The van der Waals surface area contributed by atoms with Gasteiger partial charge in [-0.2, -0.15) is 0 Å². The highest BCUT2D eigenvalue weighted by Gasteiger charge is 2.09. The third-order valence-electron chi connectivity index (χ3n) is 3.49. The zero-order valence-electron chi connectivity index (χ0n) is 14.0. The van der Waals surface area contributed by atoms with Crippen LogP contribution in [0.3, 0.4) is 0 Å². The molecule has 1 amide bonds. The standard InChI is InChI=1S/C19H20BrNO4/c1-24-17-8-7-16(20)12-15(17)13-25-19(23)9-10-21-18(22)11-14-5-3-2-4-6-14/h2-8,12H,9-11,13H2,1H3,(H,21,22). The molecule has 0 radical (unpaired) electrons. The molecule has 5 nitrogen and oxygen atoms in total. The van der Waals surface area contributed by atoms with E-state index in [0.29, 0.717) is 12.2 Å². The van der Waals surface area contributed by atoms with Crippen LogP contribution in [0.4, 0.5) is 0 Å². The fourth-order valence-corrected chi connectivity index (χ4v) is 2.65. The van der Waals surface area contributed by atoms with Crippen LogP contribution in [0.2, 0.25) is 0 Å². The summed E-state index contributed by atoms with van der Waals surface area (Å²) in [7, 11) is 1.57. The quantitative estimate of drug-likeness (QED) is 0.684. The summed E-state index contributed by atoms with van der Waals surface area (Å²) in [5.74, 6) is 0.168. The van der Waals surface area contributed by atoms with Gasteiger partial charge in [-0.1, -0.05) is 46.3 Å². The lowest BCUT2D eigenvalue weighted by molar-refractivity contribution is -0.144. The van der Waals surface area contributed by atoms with E-state index >= 15 is 0 Å². The summed E-state index contributed by atoms with van der Waals surface area (Å²) in [4.78, 5) is 23.6. The number of methoxy groups -OCH3 is 1. The molecule has 0 bridgehead atoms. The number of hydrogen-bond donors (Lipinski definition) is 1. The minimum Gasteiger partial charge on any atom is -0.496 e. The van der Waals surface area contributed by atoms with Gasteiger partial charge in [-0.05, 0) is 23.8 Å². The van der Waals surface area contributed by atoms with Crippen molar-refractivity contribution in [2.75, 3.05) is 13.7 Å². The molecule has 2 aromatic rings. The fourth-order valence-electron chi connectivity index (χ4n) is 2.24. The summed E-state index contributed by atoms with van der Waals surface area (Å²) in [6, 6.07) is 14.9. The second kappa shape index (κ2) is 9.84. The molecule has 0 aliphatic rings. The number of esters is 1. The lowest BCUT2D eigenvalue weighted by Gasteiger charge is -2.10. The largest absolute Gasteiger partial charge is 0.496 e. The van der Waals surface area contributed by atoms with E-state index in [1.165, 1.54) is 0 Å². The lowest BCUT2D eigenvalue weighted by atomic mass is 10.1. The molecule has 0 spiro atoms. The molecule has 0 heterocycles. The van der Waals surface area contributed by atoms with Gasteiger partial charge in [-0.25, -0.2) is 0 Å². The van der Waals surface area contributed by atoms with Crippen molar-refractivity contribution in [3.63, 3.8) is 0 Å². The summed E-state index contributed by atoms with van der Waals surface area (Å²) in [5, 5.41) is 2.72. The van der Waals surface area contributed by atoms with Crippen molar-refractivity contribution in [1.29, 1.82) is 0 Å². The number of carbonyl (C=O) groups is 2. The predicted octanol–water partition coefficient (Wildman–Crippen LogP) is 3.25. The van der Waals surface area contributed by atoms with E-state index in [4.69, 9.17) is 9.47 Å². The number of halogens is 1. The van der Waals surface area contributed by atoms with Gasteiger partial charge in [0.1, 0.15) is 12.4 Å². The average Bonchev–Trinajstić information content (AvgIpc) is 2.61. The first-order chi connectivity index (χ1) is 12.1. The molecule has 132 valence electrons. The summed E-state index contributed by atoms with van der Waals surface area (Å²) < 4.78 is 11.3. The topological polar surface area (TPSA) is 64.6 Å². The van der Waals surface area contributed by atoms with Gasteiger partial charge in [-0.15, -0.1) is 0 Å². The first kappa shape index (κ1) is 19.0. The molecule has 25 heavy (non-hydrogen) atoms. The molecule has 6 heteroatoms. The van der Waals surface area contributed by atoms with Gasteiger partial charge in [0.15, 0.2) is 0 Å². The zero-order valence-corrected chi connectivity index (χ0v) is 15.5. The Labute approximate surface area is 155 Å². The van der Waals surface area contributed by atoms with E-state index in [1.54, 1.807) is 13.2 Å². The number of carbonyl (C=O) groups excluding carboxylic acids is 2. The van der Waals surface area contributed by atoms with Crippen LogP contribution in [0.5, 0.6) is 5.75 Å². The molecule has 2 rings (SSSR count). The SMILES string of the molecule is COc1ccc(Br)cc1COC(=O)CCNC(=O)Cc1ccccc1. The zero-order chi connectivity index (χ0) is 18.1. The summed E-state index contributed by atoms with van der Waals surface area (Å²) in [5.41, 5.74) is 1.71. The van der Waals surface area contributed by atoms with Crippen molar-refractivity contribution in [1.82, 2.24) is 5.32 Å². The van der Waals surface area contributed by atoms with Crippen molar-refractivity contribution in [2.45, 2.75) is 19.4 Å². The molecule has 1 N–H and O–H groups in total. The van der Waals surface area contributed by atoms with Gasteiger partial charge >= 0.3 is 5.97 Å². The molecule has 0 saturated carbocycles.